The largest absolute Gasteiger partial charge is 0.504 e. The standard InChI is InChI=1S/C21H29N3O2.HI/c1-4-22-21(24-15-16(2)18-8-6-5-7-9-18)23-13-12-17-10-11-19(25)20(14-17)26-3;/h5-11,14,16,25H,4,12-13,15H2,1-3H3,(H2,22,23,24);1H. The summed E-state index contributed by atoms with van der Waals surface area (Å²) in [6.07, 6.45) is 0.815. The summed E-state index contributed by atoms with van der Waals surface area (Å²) < 4.78 is 5.15. The Labute approximate surface area is 179 Å². The Morgan fingerprint density at radius 2 is 1.89 bits per heavy atom. The van der Waals surface area contributed by atoms with Crippen molar-refractivity contribution >= 4 is 29.9 Å². The molecule has 1 atom stereocenters. The van der Waals surface area contributed by atoms with Gasteiger partial charge in [0.1, 0.15) is 0 Å². The van der Waals surface area contributed by atoms with Crippen LogP contribution in [0.25, 0.3) is 0 Å². The lowest BCUT2D eigenvalue weighted by molar-refractivity contribution is 0.373. The average molecular weight is 483 g/mol. The highest BCUT2D eigenvalue weighted by atomic mass is 127. The van der Waals surface area contributed by atoms with Crippen molar-refractivity contribution in [3.8, 4) is 11.5 Å². The molecule has 27 heavy (non-hydrogen) atoms. The molecule has 3 N–H and O–H groups in total. The van der Waals surface area contributed by atoms with E-state index >= 15 is 0 Å². The summed E-state index contributed by atoms with van der Waals surface area (Å²) in [7, 11) is 1.56. The quantitative estimate of drug-likeness (QED) is 0.303. The van der Waals surface area contributed by atoms with Gasteiger partial charge in [-0.1, -0.05) is 43.3 Å². The zero-order chi connectivity index (χ0) is 18.8. The summed E-state index contributed by atoms with van der Waals surface area (Å²) in [4.78, 5) is 4.70. The van der Waals surface area contributed by atoms with E-state index in [1.165, 1.54) is 5.56 Å². The minimum Gasteiger partial charge on any atom is -0.504 e. The highest BCUT2D eigenvalue weighted by molar-refractivity contribution is 14.0. The molecule has 0 aliphatic rings. The molecule has 0 saturated heterocycles. The molecule has 0 amide bonds. The van der Waals surface area contributed by atoms with Crippen LogP contribution in [0, 0.1) is 0 Å². The van der Waals surface area contributed by atoms with E-state index in [0.29, 0.717) is 11.7 Å². The Morgan fingerprint density at radius 3 is 2.56 bits per heavy atom. The van der Waals surface area contributed by atoms with Crippen molar-refractivity contribution in [2.45, 2.75) is 26.2 Å². The average Bonchev–Trinajstić information content (AvgIpc) is 2.67. The molecule has 0 heterocycles. The molecule has 0 aromatic heterocycles. The van der Waals surface area contributed by atoms with Crippen LogP contribution in [0.5, 0.6) is 11.5 Å². The highest BCUT2D eigenvalue weighted by Crippen LogP contribution is 2.26. The number of phenolic OH excluding ortho intramolecular Hbond substituents is 1. The van der Waals surface area contributed by atoms with Gasteiger partial charge in [-0.05, 0) is 36.6 Å². The lowest BCUT2D eigenvalue weighted by Crippen LogP contribution is -2.38. The van der Waals surface area contributed by atoms with Gasteiger partial charge in [0.05, 0.1) is 7.11 Å². The molecule has 1 unspecified atom stereocenters. The molecule has 0 radical (unpaired) electrons. The highest BCUT2D eigenvalue weighted by Gasteiger charge is 2.06. The second-order valence-corrected chi connectivity index (χ2v) is 6.21. The van der Waals surface area contributed by atoms with Gasteiger partial charge in [-0.3, -0.25) is 4.99 Å². The molecule has 0 bridgehead atoms. The molecule has 2 aromatic carbocycles. The summed E-state index contributed by atoms with van der Waals surface area (Å²) in [5, 5.41) is 16.3. The third kappa shape index (κ3) is 7.66. The van der Waals surface area contributed by atoms with Crippen molar-refractivity contribution in [1.29, 1.82) is 0 Å². The van der Waals surface area contributed by atoms with Crippen LogP contribution in [-0.4, -0.2) is 37.8 Å². The van der Waals surface area contributed by atoms with E-state index in [-0.39, 0.29) is 29.7 Å². The zero-order valence-electron chi connectivity index (χ0n) is 16.2. The van der Waals surface area contributed by atoms with E-state index in [4.69, 9.17) is 9.73 Å². The van der Waals surface area contributed by atoms with Crippen LogP contribution < -0.4 is 15.4 Å². The first kappa shape index (κ1) is 23.1. The number of nitrogens with zero attached hydrogens (tertiary/aromatic N) is 1. The maximum atomic E-state index is 9.66. The van der Waals surface area contributed by atoms with Crippen LogP contribution in [0.4, 0.5) is 0 Å². The summed E-state index contributed by atoms with van der Waals surface area (Å²) >= 11 is 0. The number of benzene rings is 2. The topological polar surface area (TPSA) is 65.9 Å². The van der Waals surface area contributed by atoms with Crippen LogP contribution in [-0.2, 0) is 6.42 Å². The van der Waals surface area contributed by atoms with Gasteiger partial charge in [0.15, 0.2) is 17.5 Å². The van der Waals surface area contributed by atoms with Gasteiger partial charge in [0, 0.05) is 25.6 Å². The van der Waals surface area contributed by atoms with Gasteiger partial charge >= 0.3 is 0 Å². The second kappa shape index (κ2) is 12.4. The van der Waals surface area contributed by atoms with E-state index in [1.807, 2.05) is 18.2 Å². The summed E-state index contributed by atoms with van der Waals surface area (Å²) in [6.45, 7) is 6.54. The zero-order valence-corrected chi connectivity index (χ0v) is 18.6. The predicted molar refractivity (Wildman–Crippen MR) is 123 cm³/mol. The van der Waals surface area contributed by atoms with Gasteiger partial charge in [-0.2, -0.15) is 0 Å². The van der Waals surface area contributed by atoms with E-state index in [0.717, 1.165) is 37.6 Å². The van der Waals surface area contributed by atoms with E-state index < -0.39 is 0 Å². The monoisotopic (exact) mass is 483 g/mol. The molecule has 0 spiro atoms. The van der Waals surface area contributed by atoms with E-state index in [1.54, 1.807) is 13.2 Å². The number of phenols is 1. The Hall–Kier alpha value is -1.96. The van der Waals surface area contributed by atoms with Gasteiger partial charge in [0.25, 0.3) is 0 Å². The molecule has 0 aliphatic heterocycles. The first-order chi connectivity index (χ1) is 12.6. The third-order valence-corrected chi connectivity index (χ3v) is 4.19. The molecule has 6 heteroatoms. The Balaban J connectivity index is 0.00000364. The number of halogens is 1. The van der Waals surface area contributed by atoms with Crippen LogP contribution in [0.1, 0.15) is 30.9 Å². The van der Waals surface area contributed by atoms with Gasteiger partial charge in [-0.25, -0.2) is 0 Å². The predicted octanol–water partition coefficient (Wildman–Crippen LogP) is 3.92. The van der Waals surface area contributed by atoms with Crippen molar-refractivity contribution in [3.05, 3.63) is 59.7 Å². The van der Waals surface area contributed by atoms with Crippen molar-refractivity contribution in [2.24, 2.45) is 4.99 Å². The fourth-order valence-corrected chi connectivity index (χ4v) is 2.66. The lowest BCUT2D eigenvalue weighted by atomic mass is 10.0. The molecule has 2 aromatic rings. The first-order valence-corrected chi connectivity index (χ1v) is 9.07. The summed E-state index contributed by atoms with van der Waals surface area (Å²) in [5.74, 6) is 1.85. The second-order valence-electron chi connectivity index (χ2n) is 6.21. The SMILES string of the molecule is CCNC(=NCC(C)c1ccccc1)NCCc1ccc(O)c(OC)c1.I. The lowest BCUT2D eigenvalue weighted by Gasteiger charge is -2.14. The van der Waals surface area contributed by atoms with Gasteiger partial charge < -0.3 is 20.5 Å². The molecule has 148 valence electrons. The maximum Gasteiger partial charge on any atom is 0.191 e. The Kier molecular flexibility index (Phi) is 10.6. The van der Waals surface area contributed by atoms with Crippen molar-refractivity contribution in [2.75, 3.05) is 26.7 Å². The first-order valence-electron chi connectivity index (χ1n) is 9.07. The fraction of sp³-hybridized carbons (Fsp3) is 0.381. The maximum absolute atomic E-state index is 9.66. The Bertz CT molecular complexity index is 708. The van der Waals surface area contributed by atoms with Crippen molar-refractivity contribution < 1.29 is 9.84 Å². The van der Waals surface area contributed by atoms with E-state index in [9.17, 15) is 5.11 Å². The van der Waals surface area contributed by atoms with Gasteiger partial charge in [0.2, 0.25) is 0 Å². The number of hydrogen-bond acceptors (Lipinski definition) is 3. The molecule has 0 saturated carbocycles. The number of methoxy groups -OCH3 is 1. The third-order valence-electron chi connectivity index (χ3n) is 4.19. The summed E-state index contributed by atoms with van der Waals surface area (Å²) in [6, 6.07) is 15.9. The number of hydrogen-bond donors (Lipinski definition) is 3. The molecular formula is C21H30IN3O2. The van der Waals surface area contributed by atoms with Crippen LogP contribution in [0.3, 0.4) is 0 Å². The number of rotatable bonds is 8. The number of aromatic hydroxyl groups is 1. The van der Waals surface area contributed by atoms with Crippen LogP contribution in [0.2, 0.25) is 0 Å². The molecule has 5 nitrogen and oxygen atoms in total. The number of aliphatic imine (C=N–C) groups is 1. The van der Waals surface area contributed by atoms with Crippen LogP contribution >= 0.6 is 24.0 Å². The molecule has 0 fully saturated rings. The number of ether oxygens (including phenoxy) is 1. The smallest absolute Gasteiger partial charge is 0.191 e. The fourth-order valence-electron chi connectivity index (χ4n) is 2.66. The Morgan fingerprint density at radius 1 is 1.15 bits per heavy atom. The normalized spacial score (nSPS) is 12.0. The van der Waals surface area contributed by atoms with E-state index in [2.05, 4.69) is 48.7 Å². The van der Waals surface area contributed by atoms with Crippen molar-refractivity contribution in [3.63, 3.8) is 0 Å². The number of nitrogens with one attached hydrogen (secondary N) is 2. The van der Waals surface area contributed by atoms with Crippen molar-refractivity contribution in [1.82, 2.24) is 10.6 Å². The number of guanidine groups is 1. The minimum atomic E-state index is 0. The minimum absolute atomic E-state index is 0. The summed E-state index contributed by atoms with van der Waals surface area (Å²) in [5.41, 5.74) is 2.39. The van der Waals surface area contributed by atoms with Gasteiger partial charge in [-0.15, -0.1) is 24.0 Å². The molecule has 0 aliphatic carbocycles. The van der Waals surface area contributed by atoms with Crippen LogP contribution in [0.15, 0.2) is 53.5 Å². The molecule has 2 rings (SSSR count). The molecular weight excluding hydrogens is 453 g/mol.